The van der Waals surface area contributed by atoms with E-state index in [4.69, 9.17) is 9.47 Å². The van der Waals surface area contributed by atoms with Gasteiger partial charge in [-0.1, -0.05) is 13.8 Å². The number of rotatable bonds is 3. The highest BCUT2D eigenvalue weighted by molar-refractivity contribution is 5.35. The van der Waals surface area contributed by atoms with Gasteiger partial charge in [0.05, 0.1) is 30.0 Å². The molecule has 1 spiro atoms. The van der Waals surface area contributed by atoms with Crippen LogP contribution in [0.25, 0.3) is 0 Å². The summed E-state index contributed by atoms with van der Waals surface area (Å²) in [4.78, 5) is 2.55. The molecule has 6 nitrogen and oxygen atoms in total. The highest BCUT2D eigenvalue weighted by atomic mass is 16.5. The molecule has 0 aromatic carbocycles. The fourth-order valence-electron chi connectivity index (χ4n) is 10.5. The van der Waals surface area contributed by atoms with Gasteiger partial charge in [-0.2, -0.15) is 0 Å². The average Bonchev–Trinajstić information content (AvgIpc) is 3.09. The minimum absolute atomic E-state index is 0.00281. The summed E-state index contributed by atoms with van der Waals surface area (Å²) in [6.07, 6.45) is 1.88. The van der Waals surface area contributed by atoms with Crippen LogP contribution in [0, 0.1) is 40.4 Å². The van der Waals surface area contributed by atoms with Gasteiger partial charge in [0.15, 0.2) is 0 Å². The molecule has 0 amide bonds. The van der Waals surface area contributed by atoms with Crippen molar-refractivity contribution in [1.29, 1.82) is 0 Å². The molecule has 3 N–H and O–H groups in total. The Morgan fingerprint density at radius 2 is 1.86 bits per heavy atom. The van der Waals surface area contributed by atoms with Crippen LogP contribution >= 0.6 is 0 Å². The number of methoxy groups -OCH3 is 2. The normalized spacial score (nSPS) is 65.1. The Morgan fingerprint density at radius 1 is 1.10 bits per heavy atom. The first-order chi connectivity index (χ1) is 13.8. The van der Waals surface area contributed by atoms with Crippen molar-refractivity contribution >= 4 is 0 Å². The van der Waals surface area contributed by atoms with Crippen molar-refractivity contribution in [2.75, 3.05) is 27.3 Å². The zero-order valence-corrected chi connectivity index (χ0v) is 18.1. The molecule has 7 bridgehead atoms. The molecule has 5 aliphatic carbocycles. The Bertz CT molecular complexity index is 719. The molecular formula is C23H37NO5. The molecule has 6 heteroatoms. The maximum Gasteiger partial charge on any atom is 0.0827 e. The van der Waals surface area contributed by atoms with Crippen molar-refractivity contribution in [2.24, 2.45) is 40.4 Å². The molecule has 1 aliphatic heterocycles. The zero-order chi connectivity index (χ0) is 20.5. The van der Waals surface area contributed by atoms with Crippen LogP contribution in [0.2, 0.25) is 0 Å². The van der Waals surface area contributed by atoms with E-state index in [9.17, 15) is 15.3 Å². The largest absolute Gasteiger partial charge is 0.392 e. The van der Waals surface area contributed by atoms with E-state index in [2.05, 4.69) is 18.7 Å². The van der Waals surface area contributed by atoms with Gasteiger partial charge in [0, 0.05) is 62.3 Å². The van der Waals surface area contributed by atoms with Crippen molar-refractivity contribution in [3.63, 3.8) is 0 Å². The number of aliphatic hydroxyl groups is 3. The van der Waals surface area contributed by atoms with Crippen molar-refractivity contribution in [1.82, 2.24) is 4.90 Å². The Balaban J connectivity index is 1.64. The summed E-state index contributed by atoms with van der Waals surface area (Å²) in [6, 6.07) is 0.110. The fraction of sp³-hybridized carbons (Fsp3) is 1.00. The van der Waals surface area contributed by atoms with E-state index in [0.717, 1.165) is 38.8 Å². The number of aliphatic hydroxyl groups excluding tert-OH is 3. The van der Waals surface area contributed by atoms with E-state index in [-0.39, 0.29) is 52.6 Å². The second-order valence-electron chi connectivity index (χ2n) is 11.4. The lowest BCUT2D eigenvalue weighted by atomic mass is 9.43. The molecule has 6 rings (SSSR count). The highest BCUT2D eigenvalue weighted by Gasteiger charge is 2.85. The van der Waals surface area contributed by atoms with Crippen LogP contribution in [-0.4, -0.2) is 83.6 Å². The maximum absolute atomic E-state index is 11.9. The standard InChI is InChI=1S/C23H37NO5/c1-5-24-10-21(2)7-6-14(25)23-12-8-11-13(28-3)9-22(29-4,15(12)17(11)26)16(20(23)24)18(27)19(21)23/h11-20,25-27H,5-10H2,1-4H3. The first-order valence-electron chi connectivity index (χ1n) is 11.7. The number of hydrogen-bond acceptors (Lipinski definition) is 6. The lowest BCUT2D eigenvalue weighted by Gasteiger charge is -2.68. The van der Waals surface area contributed by atoms with Gasteiger partial charge in [-0.05, 0) is 37.1 Å². The van der Waals surface area contributed by atoms with Crippen LogP contribution in [0.15, 0.2) is 0 Å². The second kappa shape index (κ2) is 5.76. The summed E-state index contributed by atoms with van der Waals surface area (Å²) in [5.74, 6) is 0.208. The molecule has 6 fully saturated rings. The summed E-state index contributed by atoms with van der Waals surface area (Å²) in [6.45, 7) is 6.45. The molecule has 29 heavy (non-hydrogen) atoms. The smallest absolute Gasteiger partial charge is 0.0827 e. The summed E-state index contributed by atoms with van der Waals surface area (Å²) in [5, 5.41) is 35.1. The molecular weight excluding hydrogens is 370 g/mol. The number of hydrogen-bond donors (Lipinski definition) is 3. The maximum atomic E-state index is 11.9. The minimum atomic E-state index is -0.594. The van der Waals surface area contributed by atoms with Crippen LogP contribution in [-0.2, 0) is 9.47 Å². The average molecular weight is 408 g/mol. The second-order valence-corrected chi connectivity index (χ2v) is 11.4. The van der Waals surface area contributed by atoms with Gasteiger partial charge < -0.3 is 24.8 Å². The SMILES string of the molecule is CCN1CC2(C)CCC(O)C34C5CC6C(OC)CC(OC)(C5C6O)C(C(O)C23)C14. The van der Waals surface area contributed by atoms with Crippen LogP contribution < -0.4 is 0 Å². The van der Waals surface area contributed by atoms with Crippen molar-refractivity contribution < 1.29 is 24.8 Å². The number of fused-ring (bicyclic) bond motifs is 2. The summed E-state index contributed by atoms with van der Waals surface area (Å²) >= 11 is 0. The predicted molar refractivity (Wildman–Crippen MR) is 106 cm³/mol. The van der Waals surface area contributed by atoms with Gasteiger partial charge in [-0.25, -0.2) is 0 Å². The summed E-state index contributed by atoms with van der Waals surface area (Å²) < 4.78 is 12.3. The molecule has 13 unspecified atom stereocenters. The molecule has 0 aromatic heterocycles. The fourth-order valence-corrected chi connectivity index (χ4v) is 10.5. The quantitative estimate of drug-likeness (QED) is 0.644. The first-order valence-corrected chi connectivity index (χ1v) is 11.7. The van der Waals surface area contributed by atoms with E-state index in [1.807, 2.05) is 0 Å². The number of ether oxygens (including phenoxy) is 2. The third-order valence-electron chi connectivity index (χ3n) is 11.0. The van der Waals surface area contributed by atoms with Gasteiger partial charge in [-0.3, -0.25) is 4.90 Å². The number of likely N-dealkylation sites (tertiary alicyclic amines) is 1. The molecule has 0 radical (unpaired) electrons. The molecule has 13 atom stereocenters. The van der Waals surface area contributed by atoms with Crippen LogP contribution in [0.4, 0.5) is 0 Å². The summed E-state index contributed by atoms with van der Waals surface area (Å²) in [5.41, 5.74) is -0.948. The van der Waals surface area contributed by atoms with E-state index in [0.29, 0.717) is 0 Å². The van der Waals surface area contributed by atoms with E-state index in [1.165, 1.54) is 0 Å². The Morgan fingerprint density at radius 3 is 2.52 bits per heavy atom. The number of piperidine rings is 1. The van der Waals surface area contributed by atoms with Crippen LogP contribution in [0.1, 0.15) is 39.5 Å². The molecule has 6 aliphatic rings. The summed E-state index contributed by atoms with van der Waals surface area (Å²) in [7, 11) is 3.50. The molecule has 0 aromatic rings. The van der Waals surface area contributed by atoms with Gasteiger partial charge in [-0.15, -0.1) is 0 Å². The monoisotopic (exact) mass is 407 g/mol. The van der Waals surface area contributed by atoms with Gasteiger partial charge >= 0.3 is 0 Å². The highest BCUT2D eigenvalue weighted by Crippen LogP contribution is 2.79. The van der Waals surface area contributed by atoms with Crippen molar-refractivity contribution in [3.8, 4) is 0 Å². The van der Waals surface area contributed by atoms with E-state index < -0.39 is 23.9 Å². The third kappa shape index (κ3) is 1.81. The van der Waals surface area contributed by atoms with E-state index >= 15 is 0 Å². The number of nitrogens with zero attached hydrogens (tertiary/aromatic N) is 1. The molecule has 1 heterocycles. The minimum Gasteiger partial charge on any atom is -0.392 e. The molecule has 164 valence electrons. The van der Waals surface area contributed by atoms with Gasteiger partial charge in [0.2, 0.25) is 0 Å². The van der Waals surface area contributed by atoms with Gasteiger partial charge in [0.1, 0.15) is 0 Å². The van der Waals surface area contributed by atoms with Crippen molar-refractivity contribution in [3.05, 3.63) is 0 Å². The Labute approximate surface area is 173 Å². The lowest BCUT2D eigenvalue weighted by molar-refractivity contribution is -0.273. The first kappa shape index (κ1) is 19.4. The van der Waals surface area contributed by atoms with Gasteiger partial charge in [0.25, 0.3) is 0 Å². The van der Waals surface area contributed by atoms with Crippen LogP contribution in [0.5, 0.6) is 0 Å². The molecule has 5 saturated carbocycles. The van der Waals surface area contributed by atoms with Crippen molar-refractivity contribution in [2.45, 2.75) is 75.6 Å². The third-order valence-corrected chi connectivity index (χ3v) is 11.0. The topological polar surface area (TPSA) is 82.4 Å². The lowest BCUT2D eigenvalue weighted by Crippen LogP contribution is -2.75. The Kier molecular flexibility index (Phi) is 3.86. The predicted octanol–water partition coefficient (Wildman–Crippen LogP) is 0.876. The zero-order valence-electron chi connectivity index (χ0n) is 18.1. The Hall–Kier alpha value is -0.240. The van der Waals surface area contributed by atoms with E-state index in [1.54, 1.807) is 14.2 Å². The van der Waals surface area contributed by atoms with Crippen LogP contribution in [0.3, 0.4) is 0 Å². The molecule has 1 saturated heterocycles.